The minimum absolute atomic E-state index is 0.764. The first kappa shape index (κ1) is 16.3. The van der Waals surface area contributed by atoms with Crippen molar-refractivity contribution in [1.82, 2.24) is 0 Å². The molecule has 0 aromatic heterocycles. The molecular weight excluding hydrogens is 292 g/mol. The number of halogens is 1. The van der Waals surface area contributed by atoms with Crippen LogP contribution in [0.1, 0.15) is 36.1 Å². The quantitative estimate of drug-likeness (QED) is 0.584. The Hall–Kier alpha value is -1.05. The second kappa shape index (κ2) is 7.28. The van der Waals surface area contributed by atoms with Crippen LogP contribution in [0.2, 0.25) is 0 Å². The fourth-order valence-corrected chi connectivity index (χ4v) is 6.56. The maximum atomic E-state index is 6.41. The van der Waals surface area contributed by atoms with Crippen molar-refractivity contribution in [1.29, 1.82) is 0 Å². The highest BCUT2D eigenvalue weighted by Gasteiger charge is 2.18. The number of aryl methyl sites for hydroxylation is 3. The van der Waals surface area contributed by atoms with Crippen LogP contribution >= 0.6 is 11.6 Å². The van der Waals surface area contributed by atoms with Crippen molar-refractivity contribution in [3.8, 4) is 0 Å². The van der Waals surface area contributed by atoms with Crippen LogP contribution in [-0.2, 0) is 12.8 Å². The zero-order chi connectivity index (χ0) is 15.4. The molecule has 0 aliphatic carbocycles. The Labute approximate surface area is 135 Å². The molecule has 2 heteroatoms. The van der Waals surface area contributed by atoms with Gasteiger partial charge in [-0.2, -0.15) is 0 Å². The predicted octanol–water partition coefficient (Wildman–Crippen LogP) is 3.55. The van der Waals surface area contributed by atoms with Crippen molar-refractivity contribution >= 4 is 30.8 Å². The van der Waals surface area contributed by atoms with Crippen molar-refractivity contribution in [2.24, 2.45) is 0 Å². The van der Waals surface area contributed by atoms with Gasteiger partial charge in [-0.25, -0.2) is 0 Å². The molecule has 0 bridgehead atoms. The molecule has 1 unspecified atom stereocenters. The van der Waals surface area contributed by atoms with Crippen LogP contribution in [-0.4, -0.2) is 14.3 Å². The molecule has 0 amide bonds. The van der Waals surface area contributed by atoms with E-state index < -0.39 is 8.80 Å². The number of benzene rings is 2. The first-order valence-corrected chi connectivity index (χ1v) is 10.4. The topological polar surface area (TPSA) is 0 Å². The summed E-state index contributed by atoms with van der Waals surface area (Å²) in [5.74, 6) is 0. The SMILES string of the molecule is CCc1cc(CC)cc([SiH](CCl)c2cccc(C)c2C)c1. The van der Waals surface area contributed by atoms with Crippen molar-refractivity contribution in [2.75, 3.05) is 5.50 Å². The molecule has 0 N–H and O–H groups in total. The highest BCUT2D eigenvalue weighted by Crippen LogP contribution is 2.09. The molecule has 0 saturated carbocycles. The third-order valence-electron chi connectivity index (χ3n) is 4.47. The van der Waals surface area contributed by atoms with Crippen LogP contribution in [0, 0.1) is 13.8 Å². The Kier molecular flexibility index (Phi) is 5.66. The minimum atomic E-state index is -1.32. The molecule has 2 rings (SSSR count). The van der Waals surface area contributed by atoms with Gasteiger partial charge >= 0.3 is 0 Å². The second-order valence-corrected chi connectivity index (χ2v) is 9.41. The third kappa shape index (κ3) is 3.59. The van der Waals surface area contributed by atoms with Gasteiger partial charge in [-0.3, -0.25) is 0 Å². The summed E-state index contributed by atoms with van der Waals surface area (Å²) in [4.78, 5) is 0. The van der Waals surface area contributed by atoms with Gasteiger partial charge in [0.1, 0.15) is 8.80 Å². The van der Waals surface area contributed by atoms with E-state index in [1.165, 1.54) is 32.6 Å². The summed E-state index contributed by atoms with van der Waals surface area (Å²) in [6.45, 7) is 8.89. The highest BCUT2D eigenvalue weighted by atomic mass is 35.5. The minimum Gasteiger partial charge on any atom is -0.130 e. The molecule has 0 radical (unpaired) electrons. The van der Waals surface area contributed by atoms with E-state index in [1.54, 1.807) is 0 Å². The van der Waals surface area contributed by atoms with Gasteiger partial charge in [-0.05, 0) is 48.9 Å². The van der Waals surface area contributed by atoms with E-state index in [-0.39, 0.29) is 0 Å². The first-order chi connectivity index (χ1) is 10.1. The predicted molar refractivity (Wildman–Crippen MR) is 98.3 cm³/mol. The van der Waals surface area contributed by atoms with E-state index in [1.807, 2.05) is 0 Å². The molecule has 0 spiro atoms. The molecule has 2 aromatic rings. The third-order valence-corrected chi connectivity index (χ3v) is 8.22. The zero-order valence-corrected chi connectivity index (χ0v) is 15.5. The van der Waals surface area contributed by atoms with Gasteiger partial charge in [0.15, 0.2) is 0 Å². The lowest BCUT2D eigenvalue weighted by Gasteiger charge is -2.19. The standard InChI is InChI=1S/C19H25ClSi/c1-5-16-10-17(6-2)12-18(11-16)21(13-20)19-9-7-8-14(3)15(19)4/h7-12,21H,5-6,13H2,1-4H3. The summed E-state index contributed by atoms with van der Waals surface area (Å²) in [5, 5.41) is 3.00. The van der Waals surface area contributed by atoms with Gasteiger partial charge in [-0.1, -0.05) is 60.6 Å². The molecule has 0 fully saturated rings. The number of alkyl halides is 1. The molecule has 0 saturated heterocycles. The van der Waals surface area contributed by atoms with Crippen molar-refractivity contribution in [3.63, 3.8) is 0 Å². The monoisotopic (exact) mass is 316 g/mol. The van der Waals surface area contributed by atoms with Gasteiger partial charge in [0, 0.05) is 5.50 Å². The van der Waals surface area contributed by atoms with Gasteiger partial charge in [-0.15, -0.1) is 11.6 Å². The molecule has 21 heavy (non-hydrogen) atoms. The maximum Gasteiger partial charge on any atom is 0.118 e. The van der Waals surface area contributed by atoms with Crippen LogP contribution in [0.4, 0.5) is 0 Å². The molecule has 0 aliphatic rings. The molecule has 0 aliphatic heterocycles. The lowest BCUT2D eigenvalue weighted by atomic mass is 10.1. The van der Waals surface area contributed by atoms with E-state index >= 15 is 0 Å². The van der Waals surface area contributed by atoms with Crippen molar-refractivity contribution < 1.29 is 0 Å². The van der Waals surface area contributed by atoms with E-state index in [4.69, 9.17) is 11.6 Å². The van der Waals surface area contributed by atoms with Crippen LogP contribution in [0.5, 0.6) is 0 Å². The van der Waals surface area contributed by atoms with Crippen LogP contribution in [0.15, 0.2) is 36.4 Å². The van der Waals surface area contributed by atoms with Gasteiger partial charge in [0.05, 0.1) is 0 Å². The summed E-state index contributed by atoms with van der Waals surface area (Å²) in [6, 6.07) is 13.8. The van der Waals surface area contributed by atoms with Gasteiger partial charge in [0.2, 0.25) is 0 Å². The summed E-state index contributed by atoms with van der Waals surface area (Å²) in [6.07, 6.45) is 2.19. The Morgan fingerprint density at radius 3 is 2.10 bits per heavy atom. The molecule has 112 valence electrons. The molecule has 0 nitrogen and oxygen atoms in total. The normalized spacial score (nSPS) is 12.4. The lowest BCUT2D eigenvalue weighted by molar-refractivity contribution is 1.09. The van der Waals surface area contributed by atoms with Gasteiger partial charge < -0.3 is 0 Å². The van der Waals surface area contributed by atoms with E-state index in [9.17, 15) is 0 Å². The zero-order valence-electron chi connectivity index (χ0n) is 13.5. The van der Waals surface area contributed by atoms with Crippen molar-refractivity contribution in [3.05, 3.63) is 58.7 Å². The first-order valence-electron chi connectivity index (χ1n) is 7.85. The van der Waals surface area contributed by atoms with E-state index in [2.05, 4.69) is 64.1 Å². The highest BCUT2D eigenvalue weighted by molar-refractivity contribution is 6.89. The Balaban J connectivity index is 2.53. The summed E-state index contributed by atoms with van der Waals surface area (Å²) in [5.41, 5.74) is 6.45. The number of rotatable bonds is 5. The molecule has 2 aromatic carbocycles. The number of hydrogen-bond acceptors (Lipinski definition) is 0. The average Bonchev–Trinajstić information content (AvgIpc) is 2.51. The Morgan fingerprint density at radius 2 is 1.57 bits per heavy atom. The van der Waals surface area contributed by atoms with Crippen LogP contribution in [0.25, 0.3) is 0 Å². The Morgan fingerprint density at radius 1 is 0.952 bits per heavy atom. The number of hydrogen-bond donors (Lipinski definition) is 0. The van der Waals surface area contributed by atoms with E-state index in [0.29, 0.717) is 0 Å². The Bertz CT molecular complexity index is 597. The molecule has 1 atom stereocenters. The summed E-state index contributed by atoms with van der Waals surface area (Å²) >= 11 is 6.41. The summed E-state index contributed by atoms with van der Waals surface area (Å²) in [7, 11) is -1.32. The fraction of sp³-hybridized carbons (Fsp3) is 0.368. The smallest absolute Gasteiger partial charge is 0.118 e. The fourth-order valence-electron chi connectivity index (χ4n) is 2.90. The largest absolute Gasteiger partial charge is 0.130 e. The average molecular weight is 317 g/mol. The van der Waals surface area contributed by atoms with Crippen LogP contribution < -0.4 is 10.4 Å². The molecule has 0 heterocycles. The summed E-state index contributed by atoms with van der Waals surface area (Å²) < 4.78 is 0. The molecular formula is C19H25ClSi. The van der Waals surface area contributed by atoms with E-state index in [0.717, 1.165) is 18.3 Å². The second-order valence-electron chi connectivity index (χ2n) is 5.79. The van der Waals surface area contributed by atoms with Crippen molar-refractivity contribution in [2.45, 2.75) is 40.5 Å². The van der Waals surface area contributed by atoms with Gasteiger partial charge in [0.25, 0.3) is 0 Å². The van der Waals surface area contributed by atoms with Crippen LogP contribution in [0.3, 0.4) is 0 Å². The maximum absolute atomic E-state index is 6.41. The lowest BCUT2D eigenvalue weighted by Crippen LogP contribution is -2.46.